The summed E-state index contributed by atoms with van der Waals surface area (Å²) in [4.78, 5) is 25.9. The van der Waals surface area contributed by atoms with Crippen molar-refractivity contribution in [3.63, 3.8) is 0 Å². The Morgan fingerprint density at radius 3 is 2.56 bits per heavy atom. The van der Waals surface area contributed by atoms with Crippen LogP contribution in [0.2, 0.25) is 0 Å². The number of amides is 2. The fourth-order valence-electron chi connectivity index (χ4n) is 2.65. The van der Waals surface area contributed by atoms with Gasteiger partial charge in [0.15, 0.2) is 0 Å². The third kappa shape index (κ3) is 4.92. The van der Waals surface area contributed by atoms with Crippen LogP contribution in [0.5, 0.6) is 0 Å². The fourth-order valence-corrected chi connectivity index (χ4v) is 2.65. The lowest BCUT2D eigenvalue weighted by molar-refractivity contribution is -0.133. The summed E-state index contributed by atoms with van der Waals surface area (Å²) in [5.74, 6) is 0.443. The maximum Gasteiger partial charge on any atom is 0.243 e. The van der Waals surface area contributed by atoms with Crippen LogP contribution >= 0.6 is 0 Å². The summed E-state index contributed by atoms with van der Waals surface area (Å²) in [7, 11) is 1.64. The molecule has 2 rings (SSSR count). The lowest BCUT2D eigenvalue weighted by Crippen LogP contribution is -2.35. The van der Waals surface area contributed by atoms with Crippen molar-refractivity contribution >= 4 is 17.5 Å². The number of aryl methyl sites for hydroxylation is 4. The van der Waals surface area contributed by atoms with E-state index in [-0.39, 0.29) is 18.4 Å². The molecule has 0 aliphatic heterocycles. The lowest BCUT2D eigenvalue weighted by Gasteiger charge is -2.17. The van der Waals surface area contributed by atoms with E-state index in [1.807, 2.05) is 45.9 Å². The Morgan fingerprint density at radius 1 is 1.20 bits per heavy atom. The van der Waals surface area contributed by atoms with E-state index in [4.69, 9.17) is 4.52 Å². The maximum absolute atomic E-state index is 12.3. The largest absolute Gasteiger partial charge is 0.361 e. The number of nitrogens with zero attached hydrogens (tertiary/aromatic N) is 2. The van der Waals surface area contributed by atoms with Crippen molar-refractivity contribution < 1.29 is 14.1 Å². The third-order valence-electron chi connectivity index (χ3n) is 4.24. The molecule has 0 atom stereocenters. The normalized spacial score (nSPS) is 10.6. The fraction of sp³-hybridized carbons (Fsp3) is 0.421. The Kier molecular flexibility index (Phi) is 5.96. The van der Waals surface area contributed by atoms with Gasteiger partial charge in [-0.2, -0.15) is 0 Å². The van der Waals surface area contributed by atoms with E-state index < -0.39 is 0 Å². The highest BCUT2D eigenvalue weighted by Gasteiger charge is 2.16. The summed E-state index contributed by atoms with van der Waals surface area (Å²) in [5, 5.41) is 6.75. The van der Waals surface area contributed by atoms with Gasteiger partial charge in [-0.15, -0.1) is 0 Å². The van der Waals surface area contributed by atoms with Crippen LogP contribution in [0.1, 0.15) is 34.6 Å². The van der Waals surface area contributed by atoms with Gasteiger partial charge in [-0.05, 0) is 51.3 Å². The molecule has 0 aliphatic rings. The predicted molar refractivity (Wildman–Crippen MR) is 96.5 cm³/mol. The second-order valence-corrected chi connectivity index (χ2v) is 6.42. The average molecular weight is 343 g/mol. The van der Waals surface area contributed by atoms with Crippen LogP contribution in [0.3, 0.4) is 0 Å². The Hall–Kier alpha value is -2.63. The van der Waals surface area contributed by atoms with Crippen molar-refractivity contribution in [3.05, 3.63) is 46.3 Å². The molecular formula is C19H25N3O3. The highest BCUT2D eigenvalue weighted by Crippen LogP contribution is 2.17. The molecule has 2 aromatic rings. The average Bonchev–Trinajstić information content (AvgIpc) is 2.87. The molecule has 0 radical (unpaired) electrons. The van der Waals surface area contributed by atoms with Crippen LogP contribution in [-0.2, 0) is 16.0 Å². The van der Waals surface area contributed by atoms with E-state index in [1.165, 1.54) is 4.90 Å². The summed E-state index contributed by atoms with van der Waals surface area (Å²) in [6.07, 6.45) is 0.874. The first-order valence-electron chi connectivity index (χ1n) is 8.30. The number of anilines is 1. The summed E-state index contributed by atoms with van der Waals surface area (Å²) in [5.41, 5.74) is 4.61. The molecule has 1 aromatic carbocycles. The summed E-state index contributed by atoms with van der Waals surface area (Å²) in [6.45, 7) is 7.62. The van der Waals surface area contributed by atoms with E-state index in [0.717, 1.165) is 33.8 Å². The molecular weight excluding hydrogens is 318 g/mol. The van der Waals surface area contributed by atoms with Crippen molar-refractivity contribution in [3.8, 4) is 0 Å². The molecule has 0 saturated carbocycles. The molecule has 134 valence electrons. The highest BCUT2D eigenvalue weighted by atomic mass is 16.5. The van der Waals surface area contributed by atoms with Crippen molar-refractivity contribution in [1.29, 1.82) is 0 Å². The molecule has 0 unspecified atom stereocenters. The molecule has 1 heterocycles. The van der Waals surface area contributed by atoms with E-state index in [1.54, 1.807) is 7.05 Å². The summed E-state index contributed by atoms with van der Waals surface area (Å²) in [6, 6.07) is 5.88. The van der Waals surface area contributed by atoms with Crippen LogP contribution in [0.25, 0.3) is 0 Å². The first-order chi connectivity index (χ1) is 11.8. The molecule has 6 heteroatoms. The first kappa shape index (κ1) is 18.7. The van der Waals surface area contributed by atoms with Crippen LogP contribution in [-0.4, -0.2) is 35.5 Å². The van der Waals surface area contributed by atoms with Crippen LogP contribution in [0.4, 0.5) is 5.69 Å². The number of aromatic nitrogens is 1. The van der Waals surface area contributed by atoms with Gasteiger partial charge in [0.2, 0.25) is 11.8 Å². The zero-order chi connectivity index (χ0) is 18.6. The predicted octanol–water partition coefficient (Wildman–Crippen LogP) is 2.94. The minimum atomic E-state index is -0.207. The monoisotopic (exact) mass is 343 g/mol. The van der Waals surface area contributed by atoms with Crippen LogP contribution < -0.4 is 5.32 Å². The topological polar surface area (TPSA) is 75.4 Å². The number of rotatable bonds is 6. The first-order valence-corrected chi connectivity index (χ1v) is 8.30. The molecule has 1 N–H and O–H groups in total. The molecule has 25 heavy (non-hydrogen) atoms. The van der Waals surface area contributed by atoms with Gasteiger partial charge in [-0.25, -0.2) is 0 Å². The number of benzene rings is 1. The van der Waals surface area contributed by atoms with E-state index in [0.29, 0.717) is 12.8 Å². The number of hydrogen-bond donors (Lipinski definition) is 1. The van der Waals surface area contributed by atoms with Gasteiger partial charge >= 0.3 is 0 Å². The molecule has 0 bridgehead atoms. The molecule has 0 spiro atoms. The zero-order valence-electron chi connectivity index (χ0n) is 15.5. The second kappa shape index (κ2) is 7.96. The van der Waals surface area contributed by atoms with Gasteiger partial charge < -0.3 is 14.7 Å². The lowest BCUT2D eigenvalue weighted by atomic mass is 10.1. The molecule has 0 fully saturated rings. The summed E-state index contributed by atoms with van der Waals surface area (Å²) < 4.78 is 5.10. The zero-order valence-corrected chi connectivity index (χ0v) is 15.5. The van der Waals surface area contributed by atoms with Gasteiger partial charge in [0.1, 0.15) is 5.76 Å². The van der Waals surface area contributed by atoms with Gasteiger partial charge in [0.25, 0.3) is 0 Å². The van der Waals surface area contributed by atoms with Crippen molar-refractivity contribution in [2.45, 2.75) is 40.5 Å². The molecule has 2 amide bonds. The second-order valence-electron chi connectivity index (χ2n) is 6.42. The molecule has 0 saturated heterocycles. The smallest absolute Gasteiger partial charge is 0.243 e. The quantitative estimate of drug-likeness (QED) is 0.875. The Morgan fingerprint density at radius 2 is 1.92 bits per heavy atom. The maximum atomic E-state index is 12.3. The minimum absolute atomic E-state index is 0.0216. The van der Waals surface area contributed by atoms with E-state index in [9.17, 15) is 9.59 Å². The standard InChI is InChI=1S/C19H25N3O3/c1-12-6-7-13(2)17(10-12)20-18(23)11-22(5)19(24)9-8-16-14(3)21-25-15(16)4/h6-7,10H,8-9,11H2,1-5H3,(H,20,23). The van der Waals surface area contributed by atoms with Gasteiger partial charge in [0.05, 0.1) is 12.2 Å². The van der Waals surface area contributed by atoms with Gasteiger partial charge in [0, 0.05) is 24.7 Å². The Labute approximate surface area is 148 Å². The van der Waals surface area contributed by atoms with Crippen LogP contribution in [0, 0.1) is 27.7 Å². The number of likely N-dealkylation sites (N-methyl/N-ethyl adjacent to an activating group) is 1. The van der Waals surface area contributed by atoms with E-state index >= 15 is 0 Å². The molecule has 6 nitrogen and oxygen atoms in total. The minimum Gasteiger partial charge on any atom is -0.361 e. The molecule has 1 aromatic heterocycles. The Bertz CT molecular complexity index is 761. The highest BCUT2D eigenvalue weighted by molar-refractivity contribution is 5.95. The summed E-state index contributed by atoms with van der Waals surface area (Å²) >= 11 is 0. The number of hydrogen-bond acceptors (Lipinski definition) is 4. The third-order valence-corrected chi connectivity index (χ3v) is 4.24. The van der Waals surface area contributed by atoms with Crippen molar-refractivity contribution in [1.82, 2.24) is 10.1 Å². The van der Waals surface area contributed by atoms with Crippen LogP contribution in [0.15, 0.2) is 22.7 Å². The number of carbonyl (C=O) groups excluding carboxylic acids is 2. The van der Waals surface area contributed by atoms with Gasteiger partial charge in [-0.1, -0.05) is 17.3 Å². The molecule has 0 aliphatic carbocycles. The number of carbonyl (C=O) groups is 2. The Balaban J connectivity index is 1.87. The number of nitrogens with one attached hydrogen (secondary N) is 1. The van der Waals surface area contributed by atoms with Crippen molar-refractivity contribution in [2.75, 3.05) is 18.9 Å². The SMILES string of the molecule is Cc1ccc(C)c(NC(=O)CN(C)C(=O)CCc2c(C)noc2C)c1. The van der Waals surface area contributed by atoms with Crippen molar-refractivity contribution in [2.24, 2.45) is 0 Å². The van der Waals surface area contributed by atoms with Gasteiger partial charge in [-0.3, -0.25) is 9.59 Å². The van der Waals surface area contributed by atoms with E-state index in [2.05, 4.69) is 10.5 Å².